The molecule has 0 bridgehead atoms. The highest BCUT2D eigenvalue weighted by Gasteiger charge is 2.24. The highest BCUT2D eigenvalue weighted by Crippen LogP contribution is 2.18. The zero-order valence-corrected chi connectivity index (χ0v) is 13.5. The molecule has 126 valence electrons. The van der Waals surface area contributed by atoms with Gasteiger partial charge >= 0.3 is 0 Å². The average Bonchev–Trinajstić information content (AvgIpc) is 3.04. The number of ether oxygens (including phenoxy) is 1. The van der Waals surface area contributed by atoms with Crippen molar-refractivity contribution in [3.63, 3.8) is 0 Å². The van der Waals surface area contributed by atoms with Crippen LogP contribution in [0, 0.1) is 5.82 Å². The lowest BCUT2D eigenvalue weighted by atomic mass is 10.0. The monoisotopic (exact) mass is 320 g/mol. The van der Waals surface area contributed by atoms with Gasteiger partial charge in [-0.15, -0.1) is 0 Å². The number of hydrogen-bond acceptors (Lipinski definition) is 3. The van der Waals surface area contributed by atoms with Crippen molar-refractivity contribution in [2.24, 2.45) is 0 Å². The summed E-state index contributed by atoms with van der Waals surface area (Å²) in [6, 6.07) is 7.17. The Balaban J connectivity index is 1.40. The van der Waals surface area contributed by atoms with E-state index in [1.807, 2.05) is 12.1 Å². The van der Waals surface area contributed by atoms with Crippen LogP contribution >= 0.6 is 0 Å². The summed E-state index contributed by atoms with van der Waals surface area (Å²) < 4.78 is 19.2. The minimum Gasteiger partial charge on any atom is -0.378 e. The summed E-state index contributed by atoms with van der Waals surface area (Å²) in [7, 11) is 0. The van der Waals surface area contributed by atoms with Gasteiger partial charge in [-0.2, -0.15) is 0 Å². The Bertz CT molecular complexity index is 524. The lowest BCUT2D eigenvalue weighted by Crippen LogP contribution is -2.45. The van der Waals surface area contributed by atoms with Crippen LogP contribution in [0.4, 0.5) is 4.39 Å². The zero-order valence-electron chi connectivity index (χ0n) is 13.5. The smallest absolute Gasteiger partial charge is 0.222 e. The largest absolute Gasteiger partial charge is 0.378 e. The first kappa shape index (κ1) is 16.4. The van der Waals surface area contributed by atoms with Crippen molar-refractivity contribution >= 4 is 5.91 Å². The second kappa shape index (κ2) is 7.88. The summed E-state index contributed by atoms with van der Waals surface area (Å²) in [6.45, 7) is 3.20. The van der Waals surface area contributed by atoms with Crippen molar-refractivity contribution < 1.29 is 13.9 Å². The molecule has 0 radical (unpaired) electrons. The van der Waals surface area contributed by atoms with Gasteiger partial charge in [-0.25, -0.2) is 4.39 Å². The van der Waals surface area contributed by atoms with E-state index in [9.17, 15) is 9.18 Å². The van der Waals surface area contributed by atoms with Gasteiger partial charge < -0.3 is 10.1 Å². The number of nitrogens with zero attached hydrogens (tertiary/aromatic N) is 1. The maximum absolute atomic E-state index is 13.7. The van der Waals surface area contributed by atoms with E-state index in [1.54, 1.807) is 6.07 Å². The van der Waals surface area contributed by atoms with E-state index in [0.29, 0.717) is 13.0 Å². The van der Waals surface area contributed by atoms with Crippen LogP contribution in [0.2, 0.25) is 0 Å². The molecule has 0 aliphatic carbocycles. The standard InChI is InChI=1S/C18H25FN2O2/c19-17-6-2-1-4-14(17)13-21-9-7-15(8-10-21)20-18(22)12-16-5-3-11-23-16/h1-2,4,6,15-16H,3,5,7-13H2,(H,20,22). The van der Waals surface area contributed by atoms with Crippen molar-refractivity contribution in [3.8, 4) is 0 Å². The molecule has 1 unspecified atom stereocenters. The number of likely N-dealkylation sites (tertiary alicyclic amines) is 1. The maximum Gasteiger partial charge on any atom is 0.222 e. The first-order valence-corrected chi connectivity index (χ1v) is 8.57. The Morgan fingerprint density at radius 2 is 2.04 bits per heavy atom. The lowest BCUT2D eigenvalue weighted by Gasteiger charge is -2.32. The Hall–Kier alpha value is -1.46. The molecule has 0 aromatic heterocycles. The predicted octanol–water partition coefficient (Wildman–Crippen LogP) is 2.48. The zero-order chi connectivity index (χ0) is 16.1. The predicted molar refractivity (Wildman–Crippen MR) is 86.4 cm³/mol. The molecular formula is C18H25FN2O2. The van der Waals surface area contributed by atoms with Gasteiger partial charge in [0.15, 0.2) is 0 Å². The van der Waals surface area contributed by atoms with Crippen LogP contribution < -0.4 is 5.32 Å². The van der Waals surface area contributed by atoms with Crippen LogP contribution in [0.5, 0.6) is 0 Å². The summed E-state index contributed by atoms with van der Waals surface area (Å²) in [5.74, 6) is -0.0380. The third-order valence-electron chi connectivity index (χ3n) is 4.74. The summed E-state index contributed by atoms with van der Waals surface area (Å²) in [5.41, 5.74) is 0.744. The highest BCUT2D eigenvalue weighted by atomic mass is 19.1. The number of piperidine rings is 1. The van der Waals surface area contributed by atoms with Crippen LogP contribution in [-0.2, 0) is 16.1 Å². The lowest BCUT2D eigenvalue weighted by molar-refractivity contribution is -0.124. The molecule has 1 atom stereocenters. The van der Waals surface area contributed by atoms with E-state index < -0.39 is 0 Å². The molecule has 1 aromatic carbocycles. The number of carbonyl (C=O) groups is 1. The molecular weight excluding hydrogens is 295 g/mol. The van der Waals surface area contributed by atoms with E-state index in [4.69, 9.17) is 4.74 Å². The number of benzene rings is 1. The topological polar surface area (TPSA) is 41.6 Å². The van der Waals surface area contributed by atoms with Crippen LogP contribution in [0.1, 0.15) is 37.7 Å². The fourth-order valence-electron chi connectivity index (χ4n) is 3.40. The van der Waals surface area contributed by atoms with E-state index in [0.717, 1.165) is 50.9 Å². The summed E-state index contributed by atoms with van der Waals surface area (Å²) in [4.78, 5) is 14.3. The molecule has 2 saturated heterocycles. The SMILES string of the molecule is O=C(CC1CCCO1)NC1CCN(Cc2ccccc2F)CC1. The van der Waals surface area contributed by atoms with E-state index >= 15 is 0 Å². The Kier molecular flexibility index (Phi) is 5.62. The first-order chi connectivity index (χ1) is 11.2. The average molecular weight is 320 g/mol. The van der Waals surface area contributed by atoms with Gasteiger partial charge in [-0.05, 0) is 31.7 Å². The first-order valence-electron chi connectivity index (χ1n) is 8.57. The van der Waals surface area contributed by atoms with Gasteiger partial charge in [0.1, 0.15) is 5.82 Å². The molecule has 2 heterocycles. The second-order valence-corrected chi connectivity index (χ2v) is 6.55. The van der Waals surface area contributed by atoms with Crippen molar-refractivity contribution in [1.82, 2.24) is 10.2 Å². The molecule has 1 aromatic rings. The Morgan fingerprint density at radius 3 is 2.74 bits per heavy atom. The second-order valence-electron chi connectivity index (χ2n) is 6.55. The number of halogens is 1. The Labute approximate surface area is 137 Å². The van der Waals surface area contributed by atoms with Crippen molar-refractivity contribution in [1.29, 1.82) is 0 Å². The third kappa shape index (κ3) is 4.75. The molecule has 1 N–H and O–H groups in total. The molecule has 2 aliphatic rings. The summed E-state index contributed by atoms with van der Waals surface area (Å²) in [5, 5.41) is 3.12. The molecule has 5 heteroatoms. The number of hydrogen-bond donors (Lipinski definition) is 1. The van der Waals surface area contributed by atoms with Crippen LogP contribution in [0.25, 0.3) is 0 Å². The van der Waals surface area contributed by atoms with E-state index in [2.05, 4.69) is 10.2 Å². The van der Waals surface area contributed by atoms with Crippen molar-refractivity contribution in [2.45, 2.75) is 50.8 Å². The van der Waals surface area contributed by atoms with E-state index in [1.165, 1.54) is 6.07 Å². The quantitative estimate of drug-likeness (QED) is 0.906. The van der Waals surface area contributed by atoms with Crippen molar-refractivity contribution in [2.75, 3.05) is 19.7 Å². The third-order valence-corrected chi connectivity index (χ3v) is 4.74. The number of nitrogens with one attached hydrogen (secondary N) is 1. The van der Waals surface area contributed by atoms with Gasteiger partial charge in [-0.3, -0.25) is 9.69 Å². The molecule has 3 rings (SSSR count). The maximum atomic E-state index is 13.7. The molecule has 1 amide bonds. The molecule has 0 spiro atoms. The highest BCUT2D eigenvalue weighted by molar-refractivity contribution is 5.76. The van der Waals surface area contributed by atoms with Gasteiger partial charge in [-0.1, -0.05) is 18.2 Å². The fraction of sp³-hybridized carbons (Fsp3) is 0.611. The minimum atomic E-state index is -0.139. The van der Waals surface area contributed by atoms with Crippen LogP contribution in [0.3, 0.4) is 0 Å². The van der Waals surface area contributed by atoms with Crippen LogP contribution in [-0.4, -0.2) is 42.6 Å². The summed E-state index contributed by atoms with van der Waals surface area (Å²) >= 11 is 0. The number of rotatable bonds is 5. The van der Waals surface area contributed by atoms with Crippen molar-refractivity contribution in [3.05, 3.63) is 35.6 Å². The molecule has 4 nitrogen and oxygen atoms in total. The Morgan fingerprint density at radius 1 is 1.26 bits per heavy atom. The minimum absolute atomic E-state index is 0.101. The normalized spacial score (nSPS) is 23.1. The van der Waals surface area contributed by atoms with Gasteiger partial charge in [0, 0.05) is 37.8 Å². The molecule has 2 aliphatic heterocycles. The molecule has 2 fully saturated rings. The van der Waals surface area contributed by atoms with Gasteiger partial charge in [0.2, 0.25) is 5.91 Å². The van der Waals surface area contributed by atoms with E-state index in [-0.39, 0.29) is 23.9 Å². The van der Waals surface area contributed by atoms with Gasteiger partial charge in [0.25, 0.3) is 0 Å². The summed E-state index contributed by atoms with van der Waals surface area (Å²) in [6.07, 6.45) is 4.49. The number of carbonyl (C=O) groups excluding carboxylic acids is 1. The van der Waals surface area contributed by atoms with Gasteiger partial charge in [0.05, 0.1) is 12.5 Å². The molecule has 0 saturated carbocycles. The van der Waals surface area contributed by atoms with Crippen LogP contribution in [0.15, 0.2) is 24.3 Å². The number of amides is 1. The fourth-order valence-corrected chi connectivity index (χ4v) is 3.40. The molecule has 23 heavy (non-hydrogen) atoms.